The van der Waals surface area contributed by atoms with Crippen LogP contribution in [-0.4, -0.2) is 4.57 Å². The Bertz CT molecular complexity index is 3070. The summed E-state index contributed by atoms with van der Waals surface area (Å²) in [5, 5.41) is 4.68. The second-order valence-electron chi connectivity index (χ2n) is 14.2. The van der Waals surface area contributed by atoms with Crippen molar-refractivity contribution in [1.29, 1.82) is 0 Å². The average molecular weight is 703 g/mol. The van der Waals surface area contributed by atoms with Crippen LogP contribution in [0.15, 0.2) is 206 Å². The Morgan fingerprint density at radius 3 is 1.67 bits per heavy atom. The number of aromatic nitrogens is 1. The Balaban J connectivity index is 1.05. The maximum Gasteiger partial charge on any atom is 0.159 e. The average Bonchev–Trinajstić information content (AvgIpc) is 3.60. The molecule has 0 saturated carbocycles. The van der Waals surface area contributed by atoms with Gasteiger partial charge >= 0.3 is 0 Å². The summed E-state index contributed by atoms with van der Waals surface area (Å²) in [6.45, 7) is 0. The van der Waals surface area contributed by atoms with Crippen LogP contribution in [0.1, 0.15) is 0 Å². The van der Waals surface area contributed by atoms with Crippen molar-refractivity contribution < 1.29 is 4.74 Å². The van der Waals surface area contributed by atoms with Crippen LogP contribution < -0.4 is 9.64 Å². The first kappa shape index (κ1) is 31.2. The number of fused-ring (bicyclic) bond motifs is 7. The van der Waals surface area contributed by atoms with Crippen LogP contribution in [0, 0.1) is 0 Å². The van der Waals surface area contributed by atoms with Crippen LogP contribution in [0.4, 0.5) is 17.1 Å². The Kier molecular flexibility index (Phi) is 7.17. The monoisotopic (exact) mass is 702 g/mol. The first-order valence-electron chi connectivity index (χ1n) is 18.8. The second kappa shape index (κ2) is 12.6. The van der Waals surface area contributed by atoms with Crippen molar-refractivity contribution in [2.24, 2.45) is 0 Å². The van der Waals surface area contributed by atoms with Gasteiger partial charge in [-0.2, -0.15) is 0 Å². The van der Waals surface area contributed by atoms with Crippen molar-refractivity contribution in [3.8, 4) is 50.6 Å². The van der Waals surface area contributed by atoms with E-state index in [1.807, 2.05) is 0 Å². The lowest BCUT2D eigenvalue weighted by molar-refractivity contribution is 0.483. The summed E-state index contributed by atoms with van der Waals surface area (Å²) >= 11 is 0. The van der Waals surface area contributed by atoms with Gasteiger partial charge in [0, 0.05) is 27.5 Å². The molecule has 0 aliphatic carbocycles. The fraction of sp³-hybridized carbons (Fsp3) is 0. The van der Waals surface area contributed by atoms with E-state index in [9.17, 15) is 0 Å². The minimum Gasteiger partial charge on any atom is -0.452 e. The number of hydrogen-bond acceptors (Lipinski definition) is 2. The third-order valence-corrected chi connectivity index (χ3v) is 10.9. The quantitative estimate of drug-likeness (QED) is 0.178. The van der Waals surface area contributed by atoms with Crippen LogP contribution in [0.25, 0.3) is 71.6 Å². The van der Waals surface area contributed by atoms with Crippen molar-refractivity contribution in [2.75, 3.05) is 4.90 Å². The first-order chi connectivity index (χ1) is 27.3. The van der Waals surface area contributed by atoms with Gasteiger partial charge in [-0.3, -0.25) is 0 Å². The predicted octanol–water partition coefficient (Wildman–Crippen LogP) is 14.5. The van der Waals surface area contributed by atoms with Crippen molar-refractivity contribution in [3.63, 3.8) is 0 Å². The molecule has 0 fully saturated rings. The molecule has 1 aliphatic rings. The molecule has 9 aromatic carbocycles. The van der Waals surface area contributed by atoms with Crippen LogP contribution in [0.3, 0.4) is 0 Å². The summed E-state index contributed by atoms with van der Waals surface area (Å²) in [7, 11) is 0. The van der Waals surface area contributed by atoms with Gasteiger partial charge in [0.1, 0.15) is 0 Å². The van der Waals surface area contributed by atoms with Gasteiger partial charge < -0.3 is 14.2 Å². The molecule has 0 spiro atoms. The standard InChI is InChI=1S/C52H34N2O/c1-3-13-35(14-4-1)38-18-11-20-42(31-38)53-47-24-10-9-23-45(47)46-33-40(26-28-48(46)53)41-27-29-49-51(34-41)55-52-44-22-8-7-17-37(44)25-30-50(52)54(49)43-21-12-19-39(32-43)36-15-5-2-6-16-36/h1-34H. The zero-order chi connectivity index (χ0) is 36.3. The van der Waals surface area contributed by atoms with E-state index in [0.717, 1.165) is 56.1 Å². The highest BCUT2D eigenvalue weighted by Crippen LogP contribution is 2.54. The zero-order valence-corrected chi connectivity index (χ0v) is 29.9. The van der Waals surface area contributed by atoms with E-state index in [1.54, 1.807) is 0 Å². The molecule has 2 heterocycles. The van der Waals surface area contributed by atoms with E-state index in [1.165, 1.54) is 44.1 Å². The molecule has 3 nitrogen and oxygen atoms in total. The normalized spacial score (nSPS) is 12.1. The van der Waals surface area contributed by atoms with Gasteiger partial charge in [0.05, 0.1) is 22.4 Å². The summed E-state index contributed by atoms with van der Waals surface area (Å²) in [6.07, 6.45) is 0. The van der Waals surface area contributed by atoms with Crippen LogP contribution in [0.2, 0.25) is 0 Å². The van der Waals surface area contributed by atoms with E-state index < -0.39 is 0 Å². The molecule has 10 aromatic rings. The van der Waals surface area contributed by atoms with Gasteiger partial charge in [-0.1, -0.05) is 146 Å². The minimum atomic E-state index is 0.826. The number of nitrogens with zero attached hydrogens (tertiary/aromatic N) is 2. The van der Waals surface area contributed by atoms with E-state index in [2.05, 4.69) is 216 Å². The molecule has 1 aromatic heterocycles. The Morgan fingerprint density at radius 2 is 0.891 bits per heavy atom. The molecule has 11 rings (SSSR count). The summed E-state index contributed by atoms with van der Waals surface area (Å²) in [6, 6.07) is 73.8. The fourth-order valence-corrected chi connectivity index (χ4v) is 8.33. The number of ether oxygens (including phenoxy) is 1. The molecule has 0 atom stereocenters. The molecule has 0 bridgehead atoms. The largest absolute Gasteiger partial charge is 0.452 e. The van der Waals surface area contributed by atoms with E-state index in [0.29, 0.717) is 0 Å². The maximum atomic E-state index is 6.94. The molecule has 0 unspecified atom stereocenters. The van der Waals surface area contributed by atoms with Crippen LogP contribution in [0.5, 0.6) is 11.5 Å². The molecule has 0 saturated heterocycles. The SMILES string of the molecule is c1ccc(-c2cccc(N3c4ccc(-c5ccc6c(c5)c5ccccc5n6-c5cccc(-c6ccccc6)c5)cc4Oc4c3ccc3ccccc43)c2)cc1. The molecule has 258 valence electrons. The van der Waals surface area contributed by atoms with Crippen LogP contribution >= 0.6 is 0 Å². The van der Waals surface area contributed by atoms with Gasteiger partial charge in [0.15, 0.2) is 11.5 Å². The lowest BCUT2D eigenvalue weighted by atomic mass is 9.99. The third kappa shape index (κ3) is 5.20. The Hall–Kier alpha value is -7.36. The van der Waals surface area contributed by atoms with Crippen molar-refractivity contribution in [2.45, 2.75) is 0 Å². The minimum absolute atomic E-state index is 0.826. The Morgan fingerprint density at radius 1 is 0.327 bits per heavy atom. The number of rotatable bonds is 5. The van der Waals surface area contributed by atoms with Crippen LogP contribution in [-0.2, 0) is 0 Å². The van der Waals surface area contributed by atoms with Gasteiger partial charge in [-0.25, -0.2) is 0 Å². The number of benzene rings is 9. The lowest BCUT2D eigenvalue weighted by Crippen LogP contribution is -2.16. The van der Waals surface area contributed by atoms with Gasteiger partial charge in [0.25, 0.3) is 0 Å². The Labute approximate surface area is 319 Å². The molecular formula is C52H34N2O. The van der Waals surface area contributed by atoms with Crippen molar-refractivity contribution in [3.05, 3.63) is 206 Å². The molecule has 0 amide bonds. The van der Waals surface area contributed by atoms with E-state index in [4.69, 9.17) is 4.74 Å². The molecule has 0 N–H and O–H groups in total. The maximum absolute atomic E-state index is 6.94. The molecular weight excluding hydrogens is 669 g/mol. The highest BCUT2D eigenvalue weighted by Gasteiger charge is 2.28. The summed E-state index contributed by atoms with van der Waals surface area (Å²) in [4.78, 5) is 2.34. The highest BCUT2D eigenvalue weighted by molar-refractivity contribution is 6.10. The number of anilines is 3. The van der Waals surface area contributed by atoms with Crippen molar-refractivity contribution >= 4 is 49.6 Å². The molecule has 3 heteroatoms. The smallest absolute Gasteiger partial charge is 0.159 e. The van der Waals surface area contributed by atoms with Crippen molar-refractivity contribution in [1.82, 2.24) is 4.57 Å². The molecule has 55 heavy (non-hydrogen) atoms. The van der Waals surface area contributed by atoms with E-state index >= 15 is 0 Å². The third-order valence-electron chi connectivity index (χ3n) is 10.9. The molecule has 0 radical (unpaired) electrons. The van der Waals surface area contributed by atoms with E-state index in [-0.39, 0.29) is 0 Å². The predicted molar refractivity (Wildman–Crippen MR) is 229 cm³/mol. The fourth-order valence-electron chi connectivity index (χ4n) is 8.33. The number of para-hydroxylation sites is 1. The topological polar surface area (TPSA) is 17.4 Å². The van der Waals surface area contributed by atoms with Gasteiger partial charge in [0.2, 0.25) is 0 Å². The number of hydrogen-bond donors (Lipinski definition) is 0. The summed E-state index contributed by atoms with van der Waals surface area (Å²) in [5.74, 6) is 1.69. The zero-order valence-electron chi connectivity index (χ0n) is 29.9. The lowest BCUT2D eigenvalue weighted by Gasteiger charge is -2.34. The van der Waals surface area contributed by atoms with Gasteiger partial charge in [-0.15, -0.1) is 0 Å². The second-order valence-corrected chi connectivity index (χ2v) is 14.2. The molecule has 1 aliphatic heterocycles. The highest BCUT2D eigenvalue weighted by atomic mass is 16.5. The summed E-state index contributed by atoms with van der Waals surface area (Å²) < 4.78 is 9.33. The van der Waals surface area contributed by atoms with Gasteiger partial charge in [-0.05, 0) is 99.4 Å². The first-order valence-corrected chi connectivity index (χ1v) is 18.8. The summed E-state index contributed by atoms with van der Waals surface area (Å²) in [5.41, 5.74) is 13.6.